The van der Waals surface area contributed by atoms with Gasteiger partial charge in [-0.1, -0.05) is 6.92 Å². The summed E-state index contributed by atoms with van der Waals surface area (Å²) in [4.78, 5) is 22.5. The predicted octanol–water partition coefficient (Wildman–Crippen LogP) is -1.51. The number of aliphatic hydroxyl groups excluding tert-OH is 1. The van der Waals surface area contributed by atoms with Gasteiger partial charge in [0, 0.05) is 6.54 Å². The molecule has 0 aromatic heterocycles. The highest BCUT2D eigenvalue weighted by Crippen LogP contribution is 2.15. The average molecular weight is 230 g/mol. The summed E-state index contributed by atoms with van der Waals surface area (Å²) < 4.78 is 4.34. The Bertz CT molecular complexity index is 270. The summed E-state index contributed by atoms with van der Waals surface area (Å²) in [5.41, 5.74) is 0. The van der Waals surface area contributed by atoms with Crippen molar-refractivity contribution in [2.45, 2.75) is 13.0 Å². The summed E-state index contributed by atoms with van der Waals surface area (Å²) in [5, 5.41) is 14.9. The van der Waals surface area contributed by atoms with Crippen LogP contribution in [0.3, 0.4) is 0 Å². The van der Waals surface area contributed by atoms with E-state index in [0.717, 1.165) is 6.54 Å². The molecule has 0 radical (unpaired) electrons. The molecule has 1 aliphatic heterocycles. The van der Waals surface area contributed by atoms with Crippen LogP contribution in [-0.2, 0) is 14.3 Å². The normalized spacial score (nSPS) is 26.2. The standard InChI is InChI=1S/C10H18N2O4/c1-6-3-11-4-7(6)9(14)12-5-8(13)10(15)16-2/h6-8,11,13H,3-5H2,1-2H3,(H,12,14)/t6-,7-,8?/m1/s1. The van der Waals surface area contributed by atoms with Crippen LogP contribution in [0.2, 0.25) is 0 Å². The molecule has 0 aromatic carbocycles. The van der Waals surface area contributed by atoms with Crippen LogP contribution in [0.1, 0.15) is 6.92 Å². The van der Waals surface area contributed by atoms with Crippen molar-refractivity contribution in [1.82, 2.24) is 10.6 Å². The number of amides is 1. The molecule has 1 saturated heterocycles. The first kappa shape index (κ1) is 12.9. The fourth-order valence-electron chi connectivity index (χ4n) is 1.71. The molecule has 3 atom stereocenters. The van der Waals surface area contributed by atoms with Crippen molar-refractivity contribution in [3.05, 3.63) is 0 Å². The third-order valence-electron chi connectivity index (χ3n) is 2.80. The van der Waals surface area contributed by atoms with Crippen LogP contribution >= 0.6 is 0 Å². The molecule has 1 fully saturated rings. The monoisotopic (exact) mass is 230 g/mol. The summed E-state index contributed by atoms with van der Waals surface area (Å²) >= 11 is 0. The molecule has 1 aliphatic rings. The first-order chi connectivity index (χ1) is 7.56. The molecule has 0 spiro atoms. The lowest BCUT2D eigenvalue weighted by atomic mass is 9.97. The summed E-state index contributed by atoms with van der Waals surface area (Å²) in [5.74, 6) is -0.696. The second-order valence-corrected chi connectivity index (χ2v) is 4.03. The molecule has 0 aliphatic carbocycles. The summed E-state index contributed by atoms with van der Waals surface area (Å²) in [6, 6.07) is 0. The van der Waals surface area contributed by atoms with Gasteiger partial charge in [-0.2, -0.15) is 0 Å². The van der Waals surface area contributed by atoms with Crippen LogP contribution in [0, 0.1) is 11.8 Å². The number of hydrogen-bond donors (Lipinski definition) is 3. The molecule has 0 aromatic rings. The van der Waals surface area contributed by atoms with E-state index in [1.54, 1.807) is 0 Å². The molecule has 16 heavy (non-hydrogen) atoms. The summed E-state index contributed by atoms with van der Waals surface area (Å²) in [6.45, 7) is 3.34. The van der Waals surface area contributed by atoms with E-state index in [1.807, 2.05) is 6.92 Å². The third kappa shape index (κ3) is 3.18. The Balaban J connectivity index is 2.32. The zero-order chi connectivity index (χ0) is 12.1. The third-order valence-corrected chi connectivity index (χ3v) is 2.80. The average Bonchev–Trinajstić information content (AvgIpc) is 2.70. The van der Waals surface area contributed by atoms with Crippen LogP contribution in [0.25, 0.3) is 0 Å². The lowest BCUT2D eigenvalue weighted by Crippen LogP contribution is -2.41. The zero-order valence-corrected chi connectivity index (χ0v) is 9.53. The van der Waals surface area contributed by atoms with E-state index in [2.05, 4.69) is 15.4 Å². The van der Waals surface area contributed by atoms with Gasteiger partial charge in [0.05, 0.1) is 19.6 Å². The van der Waals surface area contributed by atoms with Crippen LogP contribution in [0.5, 0.6) is 0 Å². The van der Waals surface area contributed by atoms with E-state index in [9.17, 15) is 14.7 Å². The van der Waals surface area contributed by atoms with Crippen molar-refractivity contribution in [3.8, 4) is 0 Å². The van der Waals surface area contributed by atoms with Crippen molar-refractivity contribution in [2.24, 2.45) is 11.8 Å². The molecule has 3 N–H and O–H groups in total. The zero-order valence-electron chi connectivity index (χ0n) is 9.53. The number of carbonyl (C=O) groups excluding carboxylic acids is 2. The number of ether oxygens (including phenoxy) is 1. The van der Waals surface area contributed by atoms with Gasteiger partial charge in [0.25, 0.3) is 0 Å². The highest BCUT2D eigenvalue weighted by Gasteiger charge is 2.30. The lowest BCUT2D eigenvalue weighted by molar-refractivity contribution is -0.150. The molecular weight excluding hydrogens is 212 g/mol. The van der Waals surface area contributed by atoms with Gasteiger partial charge in [0.2, 0.25) is 5.91 Å². The van der Waals surface area contributed by atoms with Crippen LogP contribution in [-0.4, -0.2) is 49.8 Å². The van der Waals surface area contributed by atoms with Gasteiger partial charge >= 0.3 is 5.97 Å². The van der Waals surface area contributed by atoms with E-state index in [0.29, 0.717) is 6.54 Å². The maximum atomic E-state index is 11.7. The Morgan fingerprint density at radius 1 is 1.56 bits per heavy atom. The van der Waals surface area contributed by atoms with Gasteiger partial charge in [-0.25, -0.2) is 4.79 Å². The van der Waals surface area contributed by atoms with Gasteiger partial charge in [0.1, 0.15) is 0 Å². The van der Waals surface area contributed by atoms with Crippen molar-refractivity contribution in [3.63, 3.8) is 0 Å². The second-order valence-electron chi connectivity index (χ2n) is 4.03. The Morgan fingerprint density at radius 3 is 2.75 bits per heavy atom. The number of rotatable bonds is 4. The molecule has 6 heteroatoms. The van der Waals surface area contributed by atoms with Crippen LogP contribution in [0.4, 0.5) is 0 Å². The fourth-order valence-corrected chi connectivity index (χ4v) is 1.71. The van der Waals surface area contributed by atoms with Crippen molar-refractivity contribution >= 4 is 11.9 Å². The van der Waals surface area contributed by atoms with Crippen molar-refractivity contribution < 1.29 is 19.4 Å². The maximum absolute atomic E-state index is 11.7. The molecule has 0 saturated carbocycles. The van der Waals surface area contributed by atoms with E-state index in [-0.39, 0.29) is 24.3 Å². The lowest BCUT2D eigenvalue weighted by Gasteiger charge is -2.15. The topological polar surface area (TPSA) is 87.7 Å². The Morgan fingerprint density at radius 2 is 2.25 bits per heavy atom. The summed E-state index contributed by atoms with van der Waals surface area (Å²) in [7, 11) is 1.19. The van der Waals surface area contributed by atoms with E-state index >= 15 is 0 Å². The highest BCUT2D eigenvalue weighted by atomic mass is 16.5. The van der Waals surface area contributed by atoms with Gasteiger partial charge in [-0.05, 0) is 12.5 Å². The second kappa shape index (κ2) is 5.81. The van der Waals surface area contributed by atoms with Gasteiger partial charge in [-0.3, -0.25) is 4.79 Å². The number of aliphatic hydroxyl groups is 1. The number of hydrogen-bond acceptors (Lipinski definition) is 5. The van der Waals surface area contributed by atoms with Gasteiger partial charge < -0.3 is 20.5 Å². The SMILES string of the molecule is COC(=O)C(O)CNC(=O)[C@@H]1CNC[C@H]1C. The Hall–Kier alpha value is -1.14. The van der Waals surface area contributed by atoms with Crippen molar-refractivity contribution in [2.75, 3.05) is 26.7 Å². The molecule has 1 amide bonds. The highest BCUT2D eigenvalue weighted by molar-refractivity contribution is 5.81. The maximum Gasteiger partial charge on any atom is 0.336 e. The number of methoxy groups -OCH3 is 1. The van der Waals surface area contributed by atoms with Crippen molar-refractivity contribution in [1.29, 1.82) is 0 Å². The number of carbonyl (C=O) groups is 2. The minimum absolute atomic E-state index is 0.0927. The fraction of sp³-hybridized carbons (Fsp3) is 0.800. The van der Waals surface area contributed by atoms with Crippen LogP contribution < -0.4 is 10.6 Å². The quantitative estimate of drug-likeness (QED) is 0.511. The first-order valence-electron chi connectivity index (χ1n) is 5.30. The number of esters is 1. The molecule has 6 nitrogen and oxygen atoms in total. The molecule has 1 rings (SSSR count). The number of nitrogens with one attached hydrogen (secondary N) is 2. The largest absolute Gasteiger partial charge is 0.467 e. The van der Waals surface area contributed by atoms with Crippen LogP contribution in [0.15, 0.2) is 0 Å². The Kier molecular flexibility index (Phi) is 4.70. The van der Waals surface area contributed by atoms with E-state index in [4.69, 9.17) is 0 Å². The minimum Gasteiger partial charge on any atom is -0.467 e. The predicted molar refractivity (Wildman–Crippen MR) is 56.6 cm³/mol. The minimum atomic E-state index is -1.29. The molecule has 0 bridgehead atoms. The molecular formula is C10H18N2O4. The molecule has 1 heterocycles. The first-order valence-corrected chi connectivity index (χ1v) is 5.30. The smallest absolute Gasteiger partial charge is 0.336 e. The Labute approximate surface area is 94.3 Å². The summed E-state index contributed by atoms with van der Waals surface area (Å²) in [6.07, 6.45) is -1.29. The van der Waals surface area contributed by atoms with Gasteiger partial charge in [0.15, 0.2) is 6.10 Å². The van der Waals surface area contributed by atoms with E-state index < -0.39 is 12.1 Å². The molecule has 92 valence electrons. The van der Waals surface area contributed by atoms with E-state index in [1.165, 1.54) is 7.11 Å². The molecule has 1 unspecified atom stereocenters. The van der Waals surface area contributed by atoms with Gasteiger partial charge in [-0.15, -0.1) is 0 Å².